The summed E-state index contributed by atoms with van der Waals surface area (Å²) in [6.45, 7) is 5.35. The van der Waals surface area contributed by atoms with Crippen molar-refractivity contribution in [1.29, 1.82) is 0 Å². The number of ether oxygens (including phenoxy) is 1. The van der Waals surface area contributed by atoms with Crippen LogP contribution in [0.2, 0.25) is 0 Å². The molecule has 24 heavy (non-hydrogen) atoms. The van der Waals surface area contributed by atoms with E-state index in [1.807, 2.05) is 19.2 Å². The average Bonchev–Trinajstić information content (AvgIpc) is 2.60. The SMILES string of the molecule is CN=C(NCC(c1ccc(OC)cc1)N(C)C)N1CCC(C)CC1. The molecule has 5 nitrogen and oxygen atoms in total. The lowest BCUT2D eigenvalue weighted by Gasteiger charge is -2.34. The summed E-state index contributed by atoms with van der Waals surface area (Å²) in [6, 6.07) is 8.60. The van der Waals surface area contributed by atoms with Crippen LogP contribution in [0.5, 0.6) is 5.75 Å². The smallest absolute Gasteiger partial charge is 0.193 e. The number of aliphatic imine (C=N–C) groups is 1. The van der Waals surface area contributed by atoms with E-state index in [-0.39, 0.29) is 6.04 Å². The zero-order valence-electron chi connectivity index (χ0n) is 15.7. The molecule has 1 aliphatic rings. The van der Waals surface area contributed by atoms with Gasteiger partial charge in [-0.2, -0.15) is 0 Å². The van der Waals surface area contributed by atoms with Crippen LogP contribution < -0.4 is 10.1 Å². The first-order valence-electron chi connectivity index (χ1n) is 8.81. The molecule has 1 atom stereocenters. The third-order valence-electron chi connectivity index (χ3n) is 4.87. The minimum absolute atomic E-state index is 0.288. The summed E-state index contributed by atoms with van der Waals surface area (Å²) in [5.41, 5.74) is 1.27. The topological polar surface area (TPSA) is 40.1 Å². The van der Waals surface area contributed by atoms with Crippen LogP contribution in [0.25, 0.3) is 0 Å². The van der Waals surface area contributed by atoms with E-state index in [9.17, 15) is 0 Å². The quantitative estimate of drug-likeness (QED) is 0.665. The molecule has 134 valence electrons. The third-order valence-corrected chi connectivity index (χ3v) is 4.87. The van der Waals surface area contributed by atoms with Crippen LogP contribution in [0.15, 0.2) is 29.3 Å². The first kappa shape index (κ1) is 18.6. The number of piperidine rings is 1. The second-order valence-corrected chi connectivity index (χ2v) is 6.85. The van der Waals surface area contributed by atoms with E-state index < -0.39 is 0 Å². The number of likely N-dealkylation sites (N-methyl/N-ethyl adjacent to an activating group) is 1. The number of nitrogens with one attached hydrogen (secondary N) is 1. The molecule has 0 bridgehead atoms. The molecular formula is C19H32N4O. The minimum Gasteiger partial charge on any atom is -0.497 e. The summed E-state index contributed by atoms with van der Waals surface area (Å²) in [5, 5.41) is 3.57. The predicted molar refractivity (Wildman–Crippen MR) is 101 cm³/mol. The normalized spacial score (nSPS) is 17.9. The van der Waals surface area contributed by atoms with Crippen LogP contribution in [-0.4, -0.2) is 63.6 Å². The highest BCUT2D eigenvalue weighted by Gasteiger charge is 2.20. The molecule has 2 rings (SSSR count). The molecule has 0 spiro atoms. The van der Waals surface area contributed by atoms with Crippen molar-refractivity contribution in [2.45, 2.75) is 25.8 Å². The fourth-order valence-electron chi connectivity index (χ4n) is 3.17. The molecular weight excluding hydrogens is 300 g/mol. The molecule has 5 heteroatoms. The van der Waals surface area contributed by atoms with Crippen molar-refractivity contribution in [1.82, 2.24) is 15.1 Å². The van der Waals surface area contributed by atoms with E-state index in [0.29, 0.717) is 0 Å². The van der Waals surface area contributed by atoms with Crippen molar-refractivity contribution in [3.8, 4) is 5.75 Å². The van der Waals surface area contributed by atoms with Gasteiger partial charge in [0, 0.05) is 26.7 Å². The molecule has 1 aromatic rings. The average molecular weight is 332 g/mol. The van der Waals surface area contributed by atoms with Crippen molar-refractivity contribution in [2.24, 2.45) is 10.9 Å². The molecule has 1 fully saturated rings. The molecule has 0 amide bonds. The molecule has 0 aromatic heterocycles. The van der Waals surface area contributed by atoms with Gasteiger partial charge in [0.15, 0.2) is 5.96 Å². The summed E-state index contributed by atoms with van der Waals surface area (Å²) < 4.78 is 5.26. The fraction of sp³-hybridized carbons (Fsp3) is 0.632. The van der Waals surface area contributed by atoms with Crippen LogP contribution in [-0.2, 0) is 0 Å². The molecule has 1 unspecified atom stereocenters. The maximum Gasteiger partial charge on any atom is 0.193 e. The third kappa shape index (κ3) is 4.87. The summed E-state index contributed by atoms with van der Waals surface area (Å²) >= 11 is 0. The molecule has 1 heterocycles. The Morgan fingerprint density at radius 3 is 2.42 bits per heavy atom. The van der Waals surface area contributed by atoms with Crippen LogP contribution in [0.4, 0.5) is 0 Å². The van der Waals surface area contributed by atoms with E-state index in [0.717, 1.165) is 37.3 Å². The zero-order chi connectivity index (χ0) is 17.5. The number of nitrogens with zero attached hydrogens (tertiary/aromatic N) is 3. The van der Waals surface area contributed by atoms with Crippen molar-refractivity contribution in [2.75, 3.05) is 47.9 Å². The molecule has 0 saturated carbocycles. The number of hydrogen-bond donors (Lipinski definition) is 1. The van der Waals surface area contributed by atoms with Crippen molar-refractivity contribution >= 4 is 5.96 Å². The van der Waals surface area contributed by atoms with E-state index >= 15 is 0 Å². The number of hydrogen-bond acceptors (Lipinski definition) is 3. The Bertz CT molecular complexity index is 519. The maximum absolute atomic E-state index is 5.26. The highest BCUT2D eigenvalue weighted by Crippen LogP contribution is 2.21. The van der Waals surface area contributed by atoms with Gasteiger partial charge >= 0.3 is 0 Å². The van der Waals surface area contributed by atoms with Gasteiger partial charge in [-0.1, -0.05) is 19.1 Å². The highest BCUT2D eigenvalue weighted by atomic mass is 16.5. The van der Waals surface area contributed by atoms with Gasteiger partial charge in [-0.3, -0.25) is 4.99 Å². The van der Waals surface area contributed by atoms with Gasteiger partial charge in [-0.05, 0) is 50.6 Å². The summed E-state index contributed by atoms with van der Waals surface area (Å²) in [6.07, 6.45) is 2.49. The summed E-state index contributed by atoms with van der Waals surface area (Å²) in [5.74, 6) is 2.73. The molecule has 1 aliphatic heterocycles. The molecule has 0 aliphatic carbocycles. The van der Waals surface area contributed by atoms with E-state index in [1.165, 1.54) is 18.4 Å². The van der Waals surface area contributed by atoms with Gasteiger partial charge in [0.25, 0.3) is 0 Å². The number of rotatable bonds is 5. The molecule has 1 N–H and O–H groups in total. The molecule has 1 saturated heterocycles. The van der Waals surface area contributed by atoms with Gasteiger partial charge in [-0.25, -0.2) is 0 Å². The maximum atomic E-state index is 5.26. The van der Waals surface area contributed by atoms with Crippen LogP contribution >= 0.6 is 0 Å². The number of guanidine groups is 1. The van der Waals surface area contributed by atoms with Crippen LogP contribution in [0.1, 0.15) is 31.4 Å². The van der Waals surface area contributed by atoms with Crippen molar-refractivity contribution in [3.05, 3.63) is 29.8 Å². The van der Waals surface area contributed by atoms with Gasteiger partial charge in [-0.15, -0.1) is 0 Å². The van der Waals surface area contributed by atoms with Gasteiger partial charge in [0.2, 0.25) is 0 Å². The Hall–Kier alpha value is -1.75. The number of benzene rings is 1. The lowest BCUT2D eigenvalue weighted by Crippen LogP contribution is -2.47. The first-order valence-corrected chi connectivity index (χ1v) is 8.81. The second-order valence-electron chi connectivity index (χ2n) is 6.85. The monoisotopic (exact) mass is 332 g/mol. The van der Waals surface area contributed by atoms with Gasteiger partial charge < -0.3 is 19.9 Å². The summed E-state index contributed by atoms with van der Waals surface area (Å²) in [7, 11) is 7.80. The molecule has 1 aromatic carbocycles. The Kier molecular flexibility index (Phi) is 6.91. The Labute approximate surface area is 146 Å². The van der Waals surface area contributed by atoms with Crippen molar-refractivity contribution in [3.63, 3.8) is 0 Å². The zero-order valence-corrected chi connectivity index (χ0v) is 15.7. The lowest BCUT2D eigenvalue weighted by atomic mass is 9.99. The largest absolute Gasteiger partial charge is 0.497 e. The fourth-order valence-corrected chi connectivity index (χ4v) is 3.17. The van der Waals surface area contributed by atoms with Crippen LogP contribution in [0, 0.1) is 5.92 Å². The Balaban J connectivity index is 1.99. The first-order chi connectivity index (χ1) is 11.5. The molecule has 0 radical (unpaired) electrons. The second kappa shape index (κ2) is 8.92. The number of methoxy groups -OCH3 is 1. The van der Waals surface area contributed by atoms with Gasteiger partial charge in [0.05, 0.1) is 13.2 Å². The minimum atomic E-state index is 0.288. The Morgan fingerprint density at radius 1 is 1.29 bits per heavy atom. The standard InChI is InChI=1S/C19H32N4O/c1-15-10-12-23(13-11-15)19(20-2)21-14-18(22(3)4)16-6-8-17(24-5)9-7-16/h6-9,15,18H,10-14H2,1-5H3,(H,20,21). The lowest BCUT2D eigenvalue weighted by molar-refractivity contribution is 0.264. The predicted octanol–water partition coefficient (Wildman–Crippen LogP) is 2.61. The van der Waals surface area contributed by atoms with E-state index in [2.05, 4.69) is 53.3 Å². The van der Waals surface area contributed by atoms with E-state index in [1.54, 1.807) is 7.11 Å². The van der Waals surface area contributed by atoms with E-state index in [4.69, 9.17) is 4.74 Å². The van der Waals surface area contributed by atoms with Gasteiger partial charge in [0.1, 0.15) is 5.75 Å². The summed E-state index contributed by atoms with van der Waals surface area (Å²) in [4.78, 5) is 9.09. The highest BCUT2D eigenvalue weighted by molar-refractivity contribution is 5.80. The number of likely N-dealkylation sites (tertiary alicyclic amines) is 1. The van der Waals surface area contributed by atoms with Crippen LogP contribution in [0.3, 0.4) is 0 Å². The Morgan fingerprint density at radius 2 is 1.92 bits per heavy atom. The van der Waals surface area contributed by atoms with Crippen molar-refractivity contribution < 1.29 is 4.74 Å².